The van der Waals surface area contributed by atoms with Crippen LogP contribution < -0.4 is 10.2 Å². The molecule has 9 nitrogen and oxygen atoms in total. The molecule has 1 atom stereocenters. The molecule has 4 rings (SSSR count). The molecule has 1 N–H and O–H groups in total. The van der Waals surface area contributed by atoms with Crippen LogP contribution >= 0.6 is 0 Å². The summed E-state index contributed by atoms with van der Waals surface area (Å²) < 4.78 is 16.2. The van der Waals surface area contributed by atoms with E-state index in [1.54, 1.807) is 11.8 Å². The number of carbonyl (C=O) groups excluding carboxylic acids is 2. The van der Waals surface area contributed by atoms with Crippen molar-refractivity contribution in [3.8, 4) is 0 Å². The number of nitrogens with one attached hydrogen (secondary N) is 1. The number of nitrogens with zero attached hydrogens (tertiary/aromatic N) is 3. The highest BCUT2D eigenvalue weighted by Crippen LogP contribution is 2.21. The largest absolute Gasteiger partial charge is 0.450 e. The fourth-order valence-electron chi connectivity index (χ4n) is 4.60. The first kappa shape index (κ1) is 23.8. The van der Waals surface area contributed by atoms with Gasteiger partial charge in [-0.25, -0.2) is 4.79 Å². The van der Waals surface area contributed by atoms with Crippen molar-refractivity contribution in [2.75, 3.05) is 77.1 Å². The highest BCUT2D eigenvalue weighted by molar-refractivity contribution is 5.94. The number of benzene rings is 1. The third-order valence-electron chi connectivity index (χ3n) is 6.59. The molecule has 3 heterocycles. The van der Waals surface area contributed by atoms with Gasteiger partial charge in [0.15, 0.2) is 0 Å². The minimum absolute atomic E-state index is 0.0156. The third kappa shape index (κ3) is 6.37. The summed E-state index contributed by atoms with van der Waals surface area (Å²) in [6.45, 7) is 9.11. The van der Waals surface area contributed by atoms with Crippen LogP contribution in [0.3, 0.4) is 0 Å². The van der Waals surface area contributed by atoms with Crippen LogP contribution in [0.2, 0.25) is 0 Å². The molecule has 0 spiro atoms. The van der Waals surface area contributed by atoms with Crippen LogP contribution in [-0.4, -0.2) is 106 Å². The van der Waals surface area contributed by atoms with Gasteiger partial charge in [0.05, 0.1) is 32.5 Å². The first-order valence-electron chi connectivity index (χ1n) is 12.1. The van der Waals surface area contributed by atoms with E-state index in [2.05, 4.69) is 10.2 Å². The molecule has 0 aliphatic carbocycles. The van der Waals surface area contributed by atoms with Crippen LogP contribution in [0.1, 0.15) is 30.1 Å². The van der Waals surface area contributed by atoms with E-state index in [-0.39, 0.29) is 18.1 Å². The van der Waals surface area contributed by atoms with Crippen LogP contribution in [0, 0.1) is 0 Å². The topological polar surface area (TPSA) is 83.6 Å². The molecule has 3 aliphatic rings. The molecule has 2 amide bonds. The van der Waals surface area contributed by atoms with E-state index in [4.69, 9.17) is 14.2 Å². The first-order chi connectivity index (χ1) is 16.1. The van der Waals surface area contributed by atoms with Gasteiger partial charge in [-0.3, -0.25) is 4.79 Å². The molecule has 0 saturated carbocycles. The van der Waals surface area contributed by atoms with Gasteiger partial charge in [0.2, 0.25) is 0 Å². The maximum absolute atomic E-state index is 12.9. The monoisotopic (exact) mass is 460 g/mol. The minimum Gasteiger partial charge on any atom is -0.450 e. The van der Waals surface area contributed by atoms with Gasteiger partial charge in [-0.05, 0) is 44.0 Å². The second kappa shape index (κ2) is 11.7. The number of piperidine rings is 1. The van der Waals surface area contributed by atoms with E-state index in [0.29, 0.717) is 64.2 Å². The van der Waals surface area contributed by atoms with E-state index in [0.717, 1.165) is 38.2 Å². The van der Waals surface area contributed by atoms with Crippen molar-refractivity contribution in [1.82, 2.24) is 15.1 Å². The molecule has 3 aliphatic heterocycles. The second-order valence-electron chi connectivity index (χ2n) is 8.76. The SMILES string of the molecule is CCOC(=O)N1CCN(C(=O)c2ccc(N3CCC(NC[C@@H]4COCCO4)CC3)cc2)CC1. The van der Waals surface area contributed by atoms with E-state index in [1.807, 2.05) is 29.2 Å². The molecule has 3 fully saturated rings. The predicted molar refractivity (Wildman–Crippen MR) is 125 cm³/mol. The lowest BCUT2D eigenvalue weighted by atomic mass is 10.0. The van der Waals surface area contributed by atoms with E-state index >= 15 is 0 Å². The zero-order valence-corrected chi connectivity index (χ0v) is 19.5. The maximum atomic E-state index is 12.9. The van der Waals surface area contributed by atoms with Gasteiger partial charge in [0.1, 0.15) is 0 Å². The zero-order valence-electron chi connectivity index (χ0n) is 19.5. The lowest BCUT2D eigenvalue weighted by Gasteiger charge is -2.35. The Bertz CT molecular complexity index is 768. The van der Waals surface area contributed by atoms with Crippen molar-refractivity contribution >= 4 is 17.7 Å². The van der Waals surface area contributed by atoms with Crippen molar-refractivity contribution in [3.63, 3.8) is 0 Å². The van der Waals surface area contributed by atoms with Crippen molar-refractivity contribution in [2.45, 2.75) is 31.9 Å². The Labute approximate surface area is 195 Å². The molecule has 33 heavy (non-hydrogen) atoms. The summed E-state index contributed by atoms with van der Waals surface area (Å²) in [7, 11) is 0. The van der Waals surface area contributed by atoms with Gasteiger partial charge >= 0.3 is 6.09 Å². The summed E-state index contributed by atoms with van der Waals surface area (Å²) in [5.74, 6) is 0.0156. The fraction of sp³-hybridized carbons (Fsp3) is 0.667. The van der Waals surface area contributed by atoms with Gasteiger partial charge in [-0.2, -0.15) is 0 Å². The lowest BCUT2D eigenvalue weighted by Crippen LogP contribution is -2.50. The summed E-state index contributed by atoms with van der Waals surface area (Å²) in [5.41, 5.74) is 1.84. The van der Waals surface area contributed by atoms with Gasteiger partial charge in [-0.1, -0.05) is 0 Å². The average Bonchev–Trinajstić information content (AvgIpc) is 2.88. The maximum Gasteiger partial charge on any atom is 0.409 e. The summed E-state index contributed by atoms with van der Waals surface area (Å²) in [5, 5.41) is 3.63. The van der Waals surface area contributed by atoms with E-state index < -0.39 is 0 Å². The number of ether oxygens (including phenoxy) is 3. The molecule has 182 valence electrons. The Kier molecular flexibility index (Phi) is 8.41. The smallest absolute Gasteiger partial charge is 0.409 e. The third-order valence-corrected chi connectivity index (χ3v) is 6.59. The van der Waals surface area contributed by atoms with Crippen LogP contribution in [0.25, 0.3) is 0 Å². The summed E-state index contributed by atoms with van der Waals surface area (Å²) in [4.78, 5) is 30.6. The Balaban J connectivity index is 1.21. The highest BCUT2D eigenvalue weighted by atomic mass is 16.6. The summed E-state index contributed by atoms with van der Waals surface area (Å²) >= 11 is 0. The first-order valence-corrected chi connectivity index (χ1v) is 12.1. The second-order valence-corrected chi connectivity index (χ2v) is 8.76. The molecular formula is C24H36N4O5. The number of rotatable bonds is 6. The van der Waals surface area contributed by atoms with Crippen LogP contribution in [0.4, 0.5) is 10.5 Å². The molecule has 0 radical (unpaired) electrons. The zero-order chi connectivity index (χ0) is 23.0. The van der Waals surface area contributed by atoms with Crippen LogP contribution in [0.5, 0.6) is 0 Å². The number of piperazine rings is 1. The fourth-order valence-corrected chi connectivity index (χ4v) is 4.60. The normalized spacial score (nSPS) is 22.3. The molecule has 0 bridgehead atoms. The molecule has 3 saturated heterocycles. The Morgan fingerprint density at radius 3 is 2.33 bits per heavy atom. The van der Waals surface area contributed by atoms with E-state index in [1.165, 1.54) is 0 Å². The Hall–Kier alpha value is -2.36. The highest BCUT2D eigenvalue weighted by Gasteiger charge is 2.26. The standard InChI is InChI=1S/C24H36N4O5/c1-2-32-24(30)28-13-11-27(12-14-28)23(29)19-3-5-21(6-4-19)26-9-7-20(8-10-26)25-17-22-18-31-15-16-33-22/h3-6,20,22,25H,2,7-18H2,1H3/t22-/m1/s1. The van der Waals surface area contributed by atoms with Gasteiger partial charge in [-0.15, -0.1) is 0 Å². The quantitative estimate of drug-likeness (QED) is 0.690. The molecule has 9 heteroatoms. The number of amides is 2. The van der Waals surface area contributed by atoms with E-state index in [9.17, 15) is 9.59 Å². The Morgan fingerprint density at radius 2 is 1.70 bits per heavy atom. The molecular weight excluding hydrogens is 424 g/mol. The van der Waals surface area contributed by atoms with Crippen molar-refractivity contribution in [3.05, 3.63) is 29.8 Å². The number of anilines is 1. The van der Waals surface area contributed by atoms with Crippen LogP contribution in [-0.2, 0) is 14.2 Å². The van der Waals surface area contributed by atoms with Crippen molar-refractivity contribution in [2.24, 2.45) is 0 Å². The number of carbonyl (C=O) groups is 2. The lowest BCUT2D eigenvalue weighted by molar-refractivity contribution is -0.0872. The van der Waals surface area contributed by atoms with Gasteiger partial charge in [0, 0.05) is 63.1 Å². The van der Waals surface area contributed by atoms with Crippen LogP contribution in [0.15, 0.2) is 24.3 Å². The predicted octanol–water partition coefficient (Wildman–Crippen LogP) is 1.57. The molecule has 1 aromatic carbocycles. The van der Waals surface area contributed by atoms with Crippen molar-refractivity contribution < 1.29 is 23.8 Å². The summed E-state index contributed by atoms with van der Waals surface area (Å²) in [6.07, 6.45) is 2.03. The Morgan fingerprint density at radius 1 is 1.00 bits per heavy atom. The molecule has 0 unspecified atom stereocenters. The van der Waals surface area contributed by atoms with Gasteiger partial charge < -0.3 is 34.2 Å². The minimum atomic E-state index is -0.302. The summed E-state index contributed by atoms with van der Waals surface area (Å²) in [6, 6.07) is 8.42. The number of hydrogen-bond donors (Lipinski definition) is 1. The van der Waals surface area contributed by atoms with Crippen molar-refractivity contribution in [1.29, 1.82) is 0 Å². The average molecular weight is 461 g/mol. The molecule has 1 aromatic rings. The molecule has 0 aromatic heterocycles. The van der Waals surface area contributed by atoms with Gasteiger partial charge in [0.25, 0.3) is 5.91 Å². The number of hydrogen-bond acceptors (Lipinski definition) is 7.